The Hall–Kier alpha value is 2.23. The Morgan fingerprint density at radius 3 is 1.57 bits per heavy atom. The van der Waals surface area contributed by atoms with Gasteiger partial charge in [-0.2, -0.15) is 7.20 Å². The smallest absolute Gasteiger partial charge is 0.850 e. The first-order valence-electron chi connectivity index (χ1n) is 10.5. The number of carbonyl (C=O) groups excluding carboxylic acids is 1. The monoisotopic (exact) mass is 586 g/mol. The van der Waals surface area contributed by atoms with E-state index in [0.717, 1.165) is 32.3 Å². The van der Waals surface area contributed by atoms with Crippen molar-refractivity contribution in [3.05, 3.63) is 0 Å². The number of ketones is 1. The van der Waals surface area contributed by atoms with Gasteiger partial charge in [-0.3, -0.25) is 4.79 Å². The third-order valence-corrected chi connectivity index (χ3v) is 4.55. The minimum atomic E-state index is -0.750. The molecule has 5 nitrogen and oxygen atoms in total. The van der Waals surface area contributed by atoms with E-state index in [1.54, 1.807) is 35.0 Å². The Kier molecular flexibility index (Phi) is 19.2. The molecule has 1 saturated heterocycles. The third kappa shape index (κ3) is 23.4. The summed E-state index contributed by atoms with van der Waals surface area (Å²) in [5, 5.41) is 10.1. The molecule has 0 unspecified atom stereocenters. The maximum atomic E-state index is 10.7. The van der Waals surface area contributed by atoms with E-state index in [2.05, 4.69) is 40.0 Å². The van der Waals surface area contributed by atoms with Gasteiger partial charge in [0.2, 0.25) is 0 Å². The summed E-state index contributed by atoms with van der Waals surface area (Å²) in [6.07, 6.45) is 15.7. The van der Waals surface area contributed by atoms with Crippen LogP contribution < -0.4 is 56.5 Å². The van der Waals surface area contributed by atoms with Crippen molar-refractivity contribution in [2.75, 3.05) is 39.6 Å². The number of halogens is 1. The Morgan fingerprint density at radius 2 is 1.30 bits per heavy atom. The van der Waals surface area contributed by atoms with Crippen LogP contribution in [0, 0.1) is 0 Å². The summed E-state index contributed by atoms with van der Waals surface area (Å²) in [5.74, 6) is 0.392. The first-order valence-corrected chi connectivity index (χ1v) is 15.9. The van der Waals surface area contributed by atoms with Crippen molar-refractivity contribution in [2.45, 2.75) is 95.5 Å². The zero-order chi connectivity index (χ0) is 22.7. The second-order valence-electron chi connectivity index (χ2n) is 9.68. The molecule has 0 aromatic rings. The summed E-state index contributed by atoms with van der Waals surface area (Å²) in [7, 11) is 3.31. The van der Waals surface area contributed by atoms with E-state index >= 15 is 0 Å². The average molecular weight is 587 g/mol. The number of epoxide rings is 1. The molecule has 8 heteroatoms. The van der Waals surface area contributed by atoms with E-state index in [1.807, 2.05) is 0 Å². The number of methoxy groups -OCH3 is 2. The van der Waals surface area contributed by atoms with Crippen LogP contribution in [-0.4, -0.2) is 68.8 Å². The van der Waals surface area contributed by atoms with Crippen LogP contribution in [0.4, 0.5) is 0 Å². The third-order valence-electron chi connectivity index (χ3n) is 4.55. The predicted octanol–water partition coefficient (Wildman–Crippen LogP) is 1.67. The topological polar surface area (TPSA) is 71.1 Å². The second kappa shape index (κ2) is 16.8. The van der Waals surface area contributed by atoms with E-state index in [-0.39, 0.29) is 58.6 Å². The van der Waals surface area contributed by atoms with Gasteiger partial charge >= 0.3 is 51.4 Å². The quantitative estimate of drug-likeness (QED) is 0.280. The number of Topliss-reactive ketones (excluding diaryl/α,β-unsaturated/α-hetero) is 1. The summed E-state index contributed by atoms with van der Waals surface area (Å²) in [5.41, 5.74) is -0.422. The maximum Gasteiger partial charge on any atom is 1.00 e. The molecule has 1 spiro atoms. The molecule has 0 amide bonds. The van der Waals surface area contributed by atoms with Gasteiger partial charge in [-0.05, 0) is 78.5 Å². The van der Waals surface area contributed by atoms with Gasteiger partial charge in [0, 0.05) is 27.1 Å². The number of hydrogen-bond acceptors (Lipinski definition) is 5. The first-order chi connectivity index (χ1) is 13.2. The molecule has 1 aliphatic heterocycles. The molecule has 0 radical (unpaired) electrons. The summed E-state index contributed by atoms with van der Waals surface area (Å²) in [4.78, 5) is 10.7. The second-order valence-corrected chi connectivity index (χ2v) is 21.0. The van der Waals surface area contributed by atoms with Crippen LogP contribution >= 0.6 is 28.4 Å². The largest absolute Gasteiger partial charge is 1.00 e. The Morgan fingerprint density at radius 1 is 1.00 bits per heavy atom. The maximum absolute atomic E-state index is 10.7. The summed E-state index contributed by atoms with van der Waals surface area (Å²) in [6, 6.07) is 0. The van der Waals surface area contributed by atoms with Crippen LogP contribution in [0.5, 0.6) is 0 Å². The summed E-state index contributed by atoms with van der Waals surface area (Å²) >= 11 is 2.46. The van der Waals surface area contributed by atoms with Gasteiger partial charge in [-0.1, -0.05) is 20.8 Å². The van der Waals surface area contributed by atoms with Crippen LogP contribution in [0.2, 0.25) is 0 Å². The molecule has 176 valence electrons. The van der Waals surface area contributed by atoms with Gasteiger partial charge in [-0.15, -0.1) is 5.60 Å². The molecule has 0 aromatic carbocycles. The van der Waals surface area contributed by atoms with Crippen molar-refractivity contribution < 1.29 is 75.5 Å². The summed E-state index contributed by atoms with van der Waals surface area (Å²) in [6.45, 7) is 5.90. The zero-order valence-electron chi connectivity index (χ0n) is 20.8. The zero-order valence-corrected chi connectivity index (χ0v) is 26.9. The number of ether oxygens (including phenoxy) is 3. The Bertz CT molecular complexity index is 417. The van der Waals surface area contributed by atoms with E-state index in [0.29, 0.717) is 23.6 Å². The van der Waals surface area contributed by atoms with Crippen LogP contribution in [0.15, 0.2) is 0 Å². The van der Waals surface area contributed by atoms with E-state index in [1.165, 1.54) is 25.7 Å². The molecule has 0 bridgehead atoms. The molecule has 3 rings (SSSR count). The molecule has 0 N–H and O–H groups in total. The van der Waals surface area contributed by atoms with Gasteiger partial charge < -0.3 is 19.3 Å². The minimum absolute atomic E-state index is 0. The van der Waals surface area contributed by atoms with E-state index in [9.17, 15) is 9.90 Å². The molecule has 2 saturated carbocycles. The Labute approximate surface area is 241 Å². The van der Waals surface area contributed by atoms with Gasteiger partial charge in [0.05, 0.1) is 24.4 Å². The van der Waals surface area contributed by atoms with Crippen molar-refractivity contribution in [2.24, 2.45) is 0 Å². The van der Waals surface area contributed by atoms with Gasteiger partial charge in [0.25, 0.3) is 0 Å². The molecule has 0 atom stereocenters. The SMILES string of the molecule is CC(C)(C)[O-].COC1CCC(=O)CC1.COC1CCC2(CC1)CO2.CS(C)(C)I.[K+]. The van der Waals surface area contributed by atoms with Crippen molar-refractivity contribution in [3.8, 4) is 0 Å². The van der Waals surface area contributed by atoms with Gasteiger partial charge in [0.1, 0.15) is 5.78 Å². The fraction of sp³-hybridized carbons (Fsp3) is 0.955. The van der Waals surface area contributed by atoms with Crippen LogP contribution in [-0.2, 0) is 19.0 Å². The average Bonchev–Trinajstić information content (AvgIpc) is 3.33. The number of carbonyl (C=O) groups is 1. The van der Waals surface area contributed by atoms with E-state index in [4.69, 9.17) is 14.2 Å². The fourth-order valence-electron chi connectivity index (χ4n) is 2.89. The molecular formula is C22H44IKO5S. The predicted molar refractivity (Wildman–Crippen MR) is 131 cm³/mol. The van der Waals surface area contributed by atoms with Crippen molar-refractivity contribution in [1.82, 2.24) is 0 Å². The van der Waals surface area contributed by atoms with Gasteiger partial charge in [0.15, 0.2) is 0 Å². The number of rotatable bonds is 2. The molecule has 3 aliphatic rings. The van der Waals surface area contributed by atoms with Gasteiger partial charge in [-0.25, -0.2) is 0 Å². The molecule has 0 aromatic heterocycles. The molecular weight excluding hydrogens is 542 g/mol. The van der Waals surface area contributed by atoms with Crippen molar-refractivity contribution in [3.63, 3.8) is 0 Å². The first kappa shape index (κ1) is 34.4. The number of hydrogen-bond donors (Lipinski definition) is 0. The summed E-state index contributed by atoms with van der Waals surface area (Å²) < 4.78 is 15.7. The van der Waals surface area contributed by atoms with Crippen LogP contribution in [0.3, 0.4) is 0 Å². The standard InChI is InChI=1S/C8H14O2.C7H12O2.C4H9O.C3H9IS.K/c1-9-7-2-4-8(5-3-7)6-10-8;1-9-7-4-2-6(8)3-5-7;1-4(2,3)5;1-5(2,3)4;/h7H,2-6H2,1H3;7H,2-5H2,1H3;2*1-3H3;/q;;-1;;+1. The Balaban J connectivity index is 0. The molecule has 1 heterocycles. The molecule has 2 aliphatic carbocycles. The normalized spacial score (nSPS) is 26.6. The minimum Gasteiger partial charge on any atom is -0.850 e. The molecule has 30 heavy (non-hydrogen) atoms. The van der Waals surface area contributed by atoms with Crippen LogP contribution in [0.25, 0.3) is 0 Å². The molecule has 3 fully saturated rings. The fourth-order valence-corrected chi connectivity index (χ4v) is 2.89. The van der Waals surface area contributed by atoms with Crippen LogP contribution in [0.1, 0.15) is 72.1 Å². The van der Waals surface area contributed by atoms with E-state index < -0.39 is 5.60 Å². The van der Waals surface area contributed by atoms with Crippen molar-refractivity contribution >= 4 is 34.2 Å². The van der Waals surface area contributed by atoms with Crippen molar-refractivity contribution in [1.29, 1.82) is 0 Å².